The van der Waals surface area contributed by atoms with E-state index in [0.29, 0.717) is 13.8 Å². The van der Waals surface area contributed by atoms with Gasteiger partial charge in [0, 0.05) is 0 Å². The Hall–Kier alpha value is -0.880. The van der Waals surface area contributed by atoms with Gasteiger partial charge >= 0.3 is 12.4 Å². The van der Waals surface area contributed by atoms with Crippen LogP contribution in [0.3, 0.4) is 0 Å². The van der Waals surface area contributed by atoms with Crippen LogP contribution in [0.1, 0.15) is 26.7 Å². The largest absolute Gasteiger partial charge is 0.419 e. The molecule has 0 radical (unpaired) electrons. The molecule has 0 aromatic rings. The van der Waals surface area contributed by atoms with Crippen molar-refractivity contribution in [1.82, 2.24) is 0 Å². The Labute approximate surface area is 147 Å². The van der Waals surface area contributed by atoms with Crippen molar-refractivity contribution in [2.45, 2.75) is 76.4 Å². The fraction of sp³-hybridized carbons (Fsp3) is 1.00. The third-order valence-corrected chi connectivity index (χ3v) is 3.80. The molecule has 6 atom stereocenters. The van der Waals surface area contributed by atoms with Gasteiger partial charge in [-0.05, 0) is 24.7 Å². The lowest BCUT2D eigenvalue weighted by atomic mass is 9.95. The molecule has 13 heteroatoms. The van der Waals surface area contributed by atoms with Gasteiger partial charge in [0.2, 0.25) is 0 Å². The predicted molar refractivity (Wildman–Crippen MR) is 70.1 cm³/mol. The quantitative estimate of drug-likeness (QED) is 0.380. The maximum Gasteiger partial charge on any atom is 0.419 e. The highest BCUT2D eigenvalue weighted by molar-refractivity contribution is 4.81. The Kier molecular flexibility index (Phi) is 9.73. The van der Waals surface area contributed by atoms with E-state index >= 15 is 0 Å². The third-order valence-electron chi connectivity index (χ3n) is 3.80. The summed E-state index contributed by atoms with van der Waals surface area (Å²) in [6, 6.07) is 0. The SMILES string of the molecule is CC(CC(F)C(F)(F)F)C(OC(C(F)F)C(C)CC(F)C(F)(F)F)C(F)F. The minimum absolute atomic E-state index is 0.690. The van der Waals surface area contributed by atoms with Crippen LogP contribution in [-0.4, -0.2) is 49.8 Å². The Balaban J connectivity index is 5.23. The first-order valence-electron chi connectivity index (χ1n) is 7.61. The number of rotatable bonds is 10. The summed E-state index contributed by atoms with van der Waals surface area (Å²) in [5.41, 5.74) is 0. The van der Waals surface area contributed by atoms with Gasteiger partial charge in [0.05, 0.1) is 0 Å². The lowest BCUT2D eigenvalue weighted by molar-refractivity contribution is -0.207. The van der Waals surface area contributed by atoms with Crippen LogP contribution in [0.25, 0.3) is 0 Å². The zero-order chi connectivity index (χ0) is 21.7. The molecule has 0 N–H and O–H groups in total. The summed E-state index contributed by atoms with van der Waals surface area (Å²) in [5.74, 6) is -3.81. The summed E-state index contributed by atoms with van der Waals surface area (Å²) in [6.07, 6.45) is -33.3. The first kappa shape index (κ1) is 26.1. The molecule has 0 bridgehead atoms. The summed E-state index contributed by atoms with van der Waals surface area (Å²) in [4.78, 5) is 0. The molecule has 0 aromatic carbocycles. The monoisotopic (exact) mass is 430 g/mol. The van der Waals surface area contributed by atoms with Gasteiger partial charge in [-0.2, -0.15) is 26.3 Å². The predicted octanol–water partition coefficient (Wildman–Crippen LogP) is 6.12. The first-order valence-corrected chi connectivity index (χ1v) is 7.61. The van der Waals surface area contributed by atoms with E-state index in [-0.39, 0.29) is 0 Å². The molecule has 0 saturated carbocycles. The number of ether oxygens (including phenoxy) is 1. The minimum Gasteiger partial charge on any atom is -0.363 e. The molecule has 0 fully saturated rings. The molecular weight excluding hydrogens is 412 g/mol. The smallest absolute Gasteiger partial charge is 0.363 e. The fourth-order valence-electron chi connectivity index (χ4n) is 2.25. The molecule has 0 spiro atoms. The van der Waals surface area contributed by atoms with E-state index in [1.54, 1.807) is 0 Å². The molecule has 0 aromatic heterocycles. The van der Waals surface area contributed by atoms with Crippen molar-refractivity contribution < 1.29 is 57.4 Å². The van der Waals surface area contributed by atoms with Gasteiger partial charge in [0.1, 0.15) is 12.2 Å². The van der Waals surface area contributed by atoms with Gasteiger partial charge in [-0.15, -0.1) is 0 Å². The van der Waals surface area contributed by atoms with Gasteiger partial charge in [-0.3, -0.25) is 0 Å². The third kappa shape index (κ3) is 8.77. The maximum atomic E-state index is 13.0. The van der Waals surface area contributed by atoms with Crippen LogP contribution >= 0.6 is 0 Å². The molecule has 0 amide bonds. The molecule has 164 valence electrons. The average molecular weight is 430 g/mol. The van der Waals surface area contributed by atoms with Crippen molar-refractivity contribution in [1.29, 1.82) is 0 Å². The summed E-state index contributed by atoms with van der Waals surface area (Å²) < 4.78 is 155. The van der Waals surface area contributed by atoms with Crippen LogP contribution in [0.2, 0.25) is 0 Å². The Morgan fingerprint density at radius 3 is 1.04 bits per heavy atom. The molecule has 1 nitrogen and oxygen atoms in total. The van der Waals surface area contributed by atoms with E-state index in [9.17, 15) is 52.7 Å². The van der Waals surface area contributed by atoms with Gasteiger partial charge in [0.25, 0.3) is 12.9 Å². The summed E-state index contributed by atoms with van der Waals surface area (Å²) >= 11 is 0. The van der Waals surface area contributed by atoms with E-state index in [2.05, 4.69) is 4.74 Å². The van der Waals surface area contributed by atoms with E-state index in [4.69, 9.17) is 0 Å². The number of alkyl halides is 12. The number of hydrogen-bond donors (Lipinski definition) is 0. The van der Waals surface area contributed by atoms with Crippen LogP contribution in [0.4, 0.5) is 52.7 Å². The van der Waals surface area contributed by atoms with Crippen molar-refractivity contribution in [3.8, 4) is 0 Å². The van der Waals surface area contributed by atoms with Crippen molar-refractivity contribution >= 4 is 0 Å². The standard InChI is InChI=1S/C14H18F12O/c1-5(3-7(15)13(21,22)23)9(11(17)18)27-10(12(19)20)6(2)4-8(16)14(24,25)26/h5-12H,3-4H2,1-2H3. The molecular formula is C14H18F12O. The molecule has 6 unspecified atom stereocenters. The molecule has 0 aliphatic carbocycles. The zero-order valence-corrected chi connectivity index (χ0v) is 14.0. The molecule has 0 rings (SSSR count). The van der Waals surface area contributed by atoms with Crippen LogP contribution < -0.4 is 0 Å². The van der Waals surface area contributed by atoms with Crippen molar-refractivity contribution in [3.05, 3.63) is 0 Å². The second-order valence-corrected chi connectivity index (χ2v) is 6.18. The topological polar surface area (TPSA) is 9.23 Å². The normalized spacial score (nSPS) is 20.4. The van der Waals surface area contributed by atoms with Crippen molar-refractivity contribution in [3.63, 3.8) is 0 Å². The number of halogens is 12. The first-order chi connectivity index (χ1) is 12.0. The van der Waals surface area contributed by atoms with E-state index in [1.807, 2.05) is 0 Å². The van der Waals surface area contributed by atoms with Gasteiger partial charge in [0.15, 0.2) is 12.3 Å². The second-order valence-electron chi connectivity index (χ2n) is 6.18. The van der Waals surface area contributed by atoms with Crippen LogP contribution in [-0.2, 0) is 4.74 Å². The van der Waals surface area contributed by atoms with Crippen molar-refractivity contribution in [2.24, 2.45) is 11.8 Å². The lowest BCUT2D eigenvalue weighted by Crippen LogP contribution is -2.42. The summed E-state index contributed by atoms with van der Waals surface area (Å²) in [7, 11) is 0. The highest BCUT2D eigenvalue weighted by Gasteiger charge is 2.46. The van der Waals surface area contributed by atoms with Crippen LogP contribution in [0.5, 0.6) is 0 Å². The molecule has 0 aliphatic rings. The molecule has 0 aliphatic heterocycles. The fourth-order valence-corrected chi connectivity index (χ4v) is 2.25. The van der Waals surface area contributed by atoms with Gasteiger partial charge in [-0.1, -0.05) is 13.8 Å². The number of hydrogen-bond acceptors (Lipinski definition) is 1. The lowest BCUT2D eigenvalue weighted by Gasteiger charge is -2.32. The van der Waals surface area contributed by atoms with Crippen LogP contribution in [0, 0.1) is 11.8 Å². The maximum absolute atomic E-state index is 13.0. The van der Waals surface area contributed by atoms with Gasteiger partial charge < -0.3 is 4.74 Å². The highest BCUT2D eigenvalue weighted by Crippen LogP contribution is 2.34. The second kappa shape index (κ2) is 10.1. The van der Waals surface area contributed by atoms with E-state index in [1.165, 1.54) is 0 Å². The Bertz CT molecular complexity index is 383. The molecule has 27 heavy (non-hydrogen) atoms. The average Bonchev–Trinajstić information content (AvgIpc) is 2.44. The van der Waals surface area contributed by atoms with E-state index < -0.39 is 74.4 Å². The van der Waals surface area contributed by atoms with Crippen molar-refractivity contribution in [2.75, 3.05) is 0 Å². The summed E-state index contributed by atoms with van der Waals surface area (Å²) in [5, 5.41) is 0. The van der Waals surface area contributed by atoms with Gasteiger partial charge in [-0.25, -0.2) is 26.3 Å². The highest BCUT2D eigenvalue weighted by atomic mass is 19.4. The summed E-state index contributed by atoms with van der Waals surface area (Å²) in [6.45, 7) is 1.38. The Morgan fingerprint density at radius 1 is 0.593 bits per heavy atom. The zero-order valence-electron chi connectivity index (χ0n) is 14.0. The minimum atomic E-state index is -5.37. The van der Waals surface area contributed by atoms with Crippen LogP contribution in [0.15, 0.2) is 0 Å². The molecule has 0 heterocycles. The van der Waals surface area contributed by atoms with E-state index in [0.717, 1.165) is 0 Å². The Morgan fingerprint density at radius 2 is 0.852 bits per heavy atom. The molecule has 0 saturated heterocycles.